The zero-order chi connectivity index (χ0) is 13.5. The number of hydrogen-bond acceptors (Lipinski definition) is 2. The summed E-state index contributed by atoms with van der Waals surface area (Å²) in [7, 11) is 0. The fourth-order valence-corrected chi connectivity index (χ4v) is 4.35. The molecule has 0 heterocycles. The average Bonchev–Trinajstić information content (AvgIpc) is 2.92. The van der Waals surface area contributed by atoms with Crippen LogP contribution >= 0.6 is 11.8 Å². The quantitative estimate of drug-likeness (QED) is 0.783. The first-order chi connectivity index (χ1) is 9.31. The van der Waals surface area contributed by atoms with Gasteiger partial charge in [-0.1, -0.05) is 44.0 Å². The minimum Gasteiger partial charge on any atom is -0.310 e. The molecule has 1 saturated carbocycles. The van der Waals surface area contributed by atoms with Crippen molar-refractivity contribution in [3.8, 4) is 0 Å². The van der Waals surface area contributed by atoms with Gasteiger partial charge >= 0.3 is 0 Å². The molecule has 2 heteroatoms. The standard InChI is InChI=1S/C17H27NS/c1-3-18-17(16-11-7-4-8-14(16)2)13-19-12-15-9-5-6-10-15/h4,7-8,11,15,17-18H,3,5-6,9-10,12-13H2,1-2H3. The largest absolute Gasteiger partial charge is 0.310 e. The number of aryl methyl sites for hydroxylation is 1. The molecule has 0 aromatic heterocycles. The molecule has 1 atom stereocenters. The Morgan fingerprint density at radius 2 is 2.00 bits per heavy atom. The molecular formula is C17H27NS. The van der Waals surface area contributed by atoms with Crippen LogP contribution in [0.4, 0.5) is 0 Å². The summed E-state index contributed by atoms with van der Waals surface area (Å²) in [5, 5.41) is 3.64. The Balaban J connectivity index is 1.87. The molecule has 0 bridgehead atoms. The van der Waals surface area contributed by atoms with Gasteiger partial charge in [-0.3, -0.25) is 0 Å². The van der Waals surface area contributed by atoms with E-state index in [1.807, 2.05) is 0 Å². The third-order valence-electron chi connectivity index (χ3n) is 4.13. The summed E-state index contributed by atoms with van der Waals surface area (Å²) in [5.41, 5.74) is 2.89. The van der Waals surface area contributed by atoms with Gasteiger partial charge in [0.15, 0.2) is 0 Å². The van der Waals surface area contributed by atoms with Gasteiger partial charge < -0.3 is 5.32 Å². The van der Waals surface area contributed by atoms with E-state index in [0.717, 1.165) is 12.5 Å². The van der Waals surface area contributed by atoms with Crippen LogP contribution in [-0.2, 0) is 0 Å². The Labute approximate surface area is 122 Å². The van der Waals surface area contributed by atoms with Crippen LogP contribution in [0.1, 0.15) is 49.8 Å². The first kappa shape index (κ1) is 14.9. The number of thioether (sulfide) groups is 1. The van der Waals surface area contributed by atoms with Crippen LogP contribution in [0.25, 0.3) is 0 Å². The van der Waals surface area contributed by atoms with Crippen LogP contribution in [-0.4, -0.2) is 18.1 Å². The SMILES string of the molecule is CCNC(CSCC1CCCC1)c1ccccc1C. The van der Waals surface area contributed by atoms with Gasteiger partial charge in [0.2, 0.25) is 0 Å². The number of nitrogens with one attached hydrogen (secondary N) is 1. The molecule has 2 rings (SSSR count). The molecule has 1 aliphatic rings. The van der Waals surface area contributed by atoms with Crippen molar-refractivity contribution in [1.82, 2.24) is 5.32 Å². The Morgan fingerprint density at radius 3 is 2.68 bits per heavy atom. The molecule has 1 aliphatic carbocycles. The van der Waals surface area contributed by atoms with E-state index in [4.69, 9.17) is 0 Å². The van der Waals surface area contributed by atoms with Crippen LogP contribution in [0.15, 0.2) is 24.3 Å². The van der Waals surface area contributed by atoms with E-state index in [1.165, 1.54) is 48.3 Å². The summed E-state index contributed by atoms with van der Waals surface area (Å²) in [5.74, 6) is 3.55. The van der Waals surface area contributed by atoms with Crippen molar-refractivity contribution in [3.63, 3.8) is 0 Å². The van der Waals surface area contributed by atoms with E-state index in [9.17, 15) is 0 Å². The van der Waals surface area contributed by atoms with E-state index in [-0.39, 0.29) is 0 Å². The minimum atomic E-state index is 0.512. The van der Waals surface area contributed by atoms with Crippen LogP contribution in [0.2, 0.25) is 0 Å². The maximum atomic E-state index is 3.64. The summed E-state index contributed by atoms with van der Waals surface area (Å²) in [4.78, 5) is 0. The summed E-state index contributed by atoms with van der Waals surface area (Å²) in [6, 6.07) is 9.31. The highest BCUT2D eigenvalue weighted by Crippen LogP contribution is 2.30. The molecule has 1 nitrogen and oxygen atoms in total. The van der Waals surface area contributed by atoms with Gasteiger partial charge in [-0.15, -0.1) is 0 Å². The highest BCUT2D eigenvalue weighted by atomic mass is 32.2. The van der Waals surface area contributed by atoms with Crippen LogP contribution in [0.5, 0.6) is 0 Å². The second kappa shape index (κ2) is 7.96. The fourth-order valence-electron chi connectivity index (χ4n) is 3.01. The molecular weight excluding hydrogens is 250 g/mol. The van der Waals surface area contributed by atoms with Gasteiger partial charge in [-0.2, -0.15) is 11.8 Å². The zero-order valence-corrected chi connectivity index (χ0v) is 13.1. The van der Waals surface area contributed by atoms with Crippen molar-refractivity contribution in [2.24, 2.45) is 5.92 Å². The van der Waals surface area contributed by atoms with Gasteiger partial charge in [-0.05, 0) is 49.1 Å². The first-order valence-electron chi connectivity index (χ1n) is 7.68. The molecule has 106 valence electrons. The Bertz CT molecular complexity index is 371. The number of benzene rings is 1. The van der Waals surface area contributed by atoms with Gasteiger partial charge in [0.1, 0.15) is 0 Å². The molecule has 0 aliphatic heterocycles. The highest BCUT2D eigenvalue weighted by Gasteiger charge is 2.17. The third-order valence-corrected chi connectivity index (χ3v) is 5.40. The van der Waals surface area contributed by atoms with Crippen molar-refractivity contribution in [3.05, 3.63) is 35.4 Å². The van der Waals surface area contributed by atoms with E-state index in [1.54, 1.807) is 0 Å². The van der Waals surface area contributed by atoms with Gasteiger partial charge in [0.25, 0.3) is 0 Å². The van der Waals surface area contributed by atoms with Crippen LogP contribution in [0.3, 0.4) is 0 Å². The lowest BCUT2D eigenvalue weighted by Gasteiger charge is -2.21. The molecule has 19 heavy (non-hydrogen) atoms. The fraction of sp³-hybridized carbons (Fsp3) is 0.647. The second-order valence-corrected chi connectivity index (χ2v) is 6.73. The zero-order valence-electron chi connectivity index (χ0n) is 12.3. The highest BCUT2D eigenvalue weighted by molar-refractivity contribution is 7.99. The smallest absolute Gasteiger partial charge is 0.0414 e. The van der Waals surface area contributed by atoms with Crippen molar-refractivity contribution in [2.45, 2.75) is 45.6 Å². The van der Waals surface area contributed by atoms with Crippen molar-refractivity contribution < 1.29 is 0 Å². The molecule has 0 saturated heterocycles. The lowest BCUT2D eigenvalue weighted by Crippen LogP contribution is -2.24. The van der Waals surface area contributed by atoms with E-state index in [0.29, 0.717) is 6.04 Å². The lowest BCUT2D eigenvalue weighted by atomic mass is 10.0. The lowest BCUT2D eigenvalue weighted by molar-refractivity contribution is 0.597. The average molecular weight is 277 g/mol. The van der Waals surface area contributed by atoms with Crippen molar-refractivity contribution in [1.29, 1.82) is 0 Å². The third kappa shape index (κ3) is 4.54. The number of hydrogen-bond donors (Lipinski definition) is 1. The summed E-state index contributed by atoms with van der Waals surface area (Å²) in [6.07, 6.45) is 5.84. The van der Waals surface area contributed by atoms with E-state index >= 15 is 0 Å². The maximum Gasteiger partial charge on any atom is 0.0414 e. The summed E-state index contributed by atoms with van der Waals surface area (Å²) < 4.78 is 0. The predicted molar refractivity (Wildman–Crippen MR) is 86.9 cm³/mol. The Morgan fingerprint density at radius 1 is 1.26 bits per heavy atom. The van der Waals surface area contributed by atoms with Crippen molar-refractivity contribution in [2.75, 3.05) is 18.1 Å². The van der Waals surface area contributed by atoms with Gasteiger partial charge in [0, 0.05) is 11.8 Å². The normalized spacial score (nSPS) is 17.8. The molecule has 0 amide bonds. The van der Waals surface area contributed by atoms with E-state index < -0.39 is 0 Å². The molecule has 1 aromatic rings. The van der Waals surface area contributed by atoms with Crippen molar-refractivity contribution >= 4 is 11.8 Å². The summed E-state index contributed by atoms with van der Waals surface area (Å²) >= 11 is 2.14. The van der Waals surface area contributed by atoms with Crippen LogP contribution < -0.4 is 5.32 Å². The molecule has 0 spiro atoms. The maximum absolute atomic E-state index is 3.64. The minimum absolute atomic E-state index is 0.512. The number of rotatable bonds is 7. The topological polar surface area (TPSA) is 12.0 Å². The Kier molecular flexibility index (Phi) is 6.25. The van der Waals surface area contributed by atoms with E-state index in [2.05, 4.69) is 55.2 Å². The molecule has 1 N–H and O–H groups in total. The molecule has 0 radical (unpaired) electrons. The monoisotopic (exact) mass is 277 g/mol. The van der Waals surface area contributed by atoms with Gasteiger partial charge in [-0.25, -0.2) is 0 Å². The van der Waals surface area contributed by atoms with Crippen LogP contribution in [0, 0.1) is 12.8 Å². The molecule has 1 aromatic carbocycles. The summed E-state index contributed by atoms with van der Waals surface area (Å²) in [6.45, 7) is 5.47. The first-order valence-corrected chi connectivity index (χ1v) is 8.83. The molecule has 1 fully saturated rings. The Hall–Kier alpha value is -0.470. The predicted octanol–water partition coefficient (Wildman–Crippen LogP) is 4.57. The van der Waals surface area contributed by atoms with Gasteiger partial charge in [0.05, 0.1) is 0 Å². The second-order valence-electron chi connectivity index (χ2n) is 5.65. The molecule has 1 unspecified atom stereocenters.